The lowest BCUT2D eigenvalue weighted by molar-refractivity contribution is -0.143. The van der Waals surface area contributed by atoms with Gasteiger partial charge in [0.2, 0.25) is 11.8 Å². The van der Waals surface area contributed by atoms with Crippen LogP contribution in [-0.2, 0) is 48.9 Å². The van der Waals surface area contributed by atoms with Gasteiger partial charge in [0.1, 0.15) is 24.8 Å². The van der Waals surface area contributed by atoms with E-state index in [4.69, 9.17) is 9.47 Å². The molecular weight excluding hydrogens is 1250 g/mol. The number of carbonyl (C=O) groups is 5. The van der Waals surface area contributed by atoms with Crippen LogP contribution in [0.1, 0.15) is 99.9 Å². The van der Waals surface area contributed by atoms with E-state index < -0.39 is 64.6 Å². The lowest BCUT2D eigenvalue weighted by Crippen LogP contribution is -2.50. The first kappa shape index (κ1) is 70.4. The predicted molar refractivity (Wildman–Crippen MR) is 351 cm³/mol. The lowest BCUT2D eigenvalue weighted by atomic mass is 9.72. The van der Waals surface area contributed by atoms with E-state index in [0.29, 0.717) is 133 Å². The molecule has 512 valence electrons. The van der Waals surface area contributed by atoms with E-state index in [1.54, 1.807) is 40.9 Å². The average molecular weight is 1330 g/mol. The number of benzene rings is 6. The highest BCUT2D eigenvalue weighted by Crippen LogP contribution is 2.49. The standard InChI is InChI=1S/C73H83F7N8O8/c1-81(34-12-20-65(89)83(3)42-43-85-37-29-60(30-38-85)88(69(93)94)63-19-11-9-17-61(63)51-14-6-5-7-15-51)59-27-21-52(22-28-59)67(91)84(4)36-13-35-82(2)66(90)48-95-64-46-53-16-8-10-18-62(53)70(64)31-39-86(40-32-70)41-33-71(55-23-25-58(74)26-24-55)49-87(50-96-71)68(92)54-44-56(72(75,76)77)47-57(45-54)73(78,79)80/h5-11,14-19,21-28,44-45,47,60,64H,12-13,20,29-43,46,48-50H2,1-4H3,(H,93,94)/t64-,71+/m0/s1. The van der Waals surface area contributed by atoms with E-state index in [0.717, 1.165) is 45.9 Å². The molecule has 5 amide bonds. The summed E-state index contributed by atoms with van der Waals surface area (Å²) in [5.74, 6) is -1.92. The van der Waals surface area contributed by atoms with Crippen molar-refractivity contribution < 1.29 is 69.3 Å². The molecule has 96 heavy (non-hydrogen) atoms. The Balaban J connectivity index is 0.640. The number of nitrogens with zero attached hydrogens (tertiary/aromatic N) is 8. The number of rotatable bonds is 24. The largest absolute Gasteiger partial charge is 0.465 e. The molecule has 2 atom stereocenters. The second-order valence-electron chi connectivity index (χ2n) is 25.9. The van der Waals surface area contributed by atoms with Gasteiger partial charge in [0.05, 0.1) is 29.5 Å². The summed E-state index contributed by atoms with van der Waals surface area (Å²) in [6.07, 6.45) is -6.49. The van der Waals surface area contributed by atoms with Gasteiger partial charge in [0.15, 0.2) is 0 Å². The molecular formula is C73H83F7N8O8. The number of likely N-dealkylation sites (N-methyl/N-ethyl adjacent to an activating group) is 2. The van der Waals surface area contributed by atoms with Crippen molar-refractivity contribution in [1.82, 2.24) is 29.4 Å². The van der Waals surface area contributed by atoms with Crippen LogP contribution in [0.5, 0.6) is 0 Å². The third-order valence-corrected chi connectivity index (χ3v) is 19.8. The maximum atomic E-state index is 14.2. The fraction of sp³-hybridized carbons (Fsp3) is 0.438. The monoisotopic (exact) mass is 1330 g/mol. The molecule has 0 saturated carbocycles. The van der Waals surface area contributed by atoms with Crippen molar-refractivity contribution in [2.45, 2.75) is 93.3 Å². The molecule has 3 heterocycles. The molecule has 0 aromatic heterocycles. The van der Waals surface area contributed by atoms with Crippen molar-refractivity contribution in [2.75, 3.05) is 123 Å². The Kier molecular flexibility index (Phi) is 22.3. The molecule has 1 aliphatic carbocycles. The molecule has 3 fully saturated rings. The van der Waals surface area contributed by atoms with Crippen molar-refractivity contribution in [3.8, 4) is 11.1 Å². The Hall–Kier alpha value is -8.38. The molecule has 0 radical (unpaired) electrons. The van der Waals surface area contributed by atoms with Gasteiger partial charge in [-0.1, -0.05) is 84.9 Å². The summed E-state index contributed by atoms with van der Waals surface area (Å²) in [6.45, 7) is 4.94. The molecule has 6 aromatic rings. The Bertz CT molecular complexity index is 3650. The minimum Gasteiger partial charge on any atom is -0.465 e. The quantitative estimate of drug-likeness (QED) is 0.0577. The van der Waals surface area contributed by atoms with Crippen LogP contribution in [0.15, 0.2) is 146 Å². The van der Waals surface area contributed by atoms with Gasteiger partial charge in [-0.05, 0) is 147 Å². The van der Waals surface area contributed by atoms with E-state index in [1.807, 2.05) is 93.0 Å². The number of hydrogen-bond donors (Lipinski definition) is 1. The normalized spacial score (nSPS) is 18.3. The summed E-state index contributed by atoms with van der Waals surface area (Å²) in [5, 5.41) is 10.4. The average Bonchev–Trinajstić information content (AvgIpc) is 1.58. The molecule has 1 N–H and O–H groups in total. The second kappa shape index (κ2) is 30.4. The molecule has 3 saturated heterocycles. The number of anilines is 2. The van der Waals surface area contributed by atoms with Crippen LogP contribution in [0, 0.1) is 5.82 Å². The fourth-order valence-electron chi connectivity index (χ4n) is 14.0. The number of hydrogen-bond acceptors (Lipinski definition) is 10. The Morgan fingerprint density at radius 1 is 0.646 bits per heavy atom. The minimum atomic E-state index is -5.15. The SMILES string of the molecule is CN(CCN1CCC(N(C(=O)O)c2ccccc2-c2ccccc2)CC1)C(=O)CCCN(C)c1ccc(C(=O)N(C)CCCN(C)C(=O)CO[C@H]2Cc3ccccc3C23CCN(CC[C@]2(c4ccc(F)cc4)CN(C(=O)c4cc(C(F)(F)F)cc(C(F)(F)F)c4)CO2)CC3)cc1. The molecule has 0 bridgehead atoms. The van der Waals surface area contributed by atoms with E-state index >= 15 is 0 Å². The maximum Gasteiger partial charge on any atom is 0.416 e. The number of amides is 5. The highest BCUT2D eigenvalue weighted by atomic mass is 19.4. The summed E-state index contributed by atoms with van der Waals surface area (Å²) >= 11 is 0. The topological polar surface area (TPSA) is 150 Å². The third-order valence-electron chi connectivity index (χ3n) is 19.8. The highest BCUT2D eigenvalue weighted by molar-refractivity contribution is 5.96. The number of halogens is 7. The van der Waals surface area contributed by atoms with Gasteiger partial charge in [0.25, 0.3) is 11.8 Å². The Morgan fingerprint density at radius 3 is 1.93 bits per heavy atom. The summed E-state index contributed by atoms with van der Waals surface area (Å²) in [4.78, 5) is 81.1. The summed E-state index contributed by atoms with van der Waals surface area (Å²) in [5.41, 5.74) is 1.03. The molecule has 16 nitrogen and oxygen atoms in total. The van der Waals surface area contributed by atoms with Crippen molar-refractivity contribution in [3.63, 3.8) is 0 Å². The smallest absolute Gasteiger partial charge is 0.416 e. The first-order valence-electron chi connectivity index (χ1n) is 32.7. The van der Waals surface area contributed by atoms with E-state index in [1.165, 1.54) is 29.2 Å². The van der Waals surface area contributed by atoms with E-state index in [9.17, 15) is 59.8 Å². The predicted octanol–water partition coefficient (Wildman–Crippen LogP) is 12.2. The molecule has 0 unspecified atom stereocenters. The highest BCUT2D eigenvalue weighted by Gasteiger charge is 2.50. The Labute approximate surface area is 555 Å². The van der Waals surface area contributed by atoms with Crippen molar-refractivity contribution >= 4 is 41.1 Å². The molecule has 10 rings (SSSR count). The number of ether oxygens (including phenoxy) is 2. The zero-order valence-corrected chi connectivity index (χ0v) is 54.6. The van der Waals surface area contributed by atoms with Crippen LogP contribution in [0.3, 0.4) is 0 Å². The number of piperidine rings is 2. The van der Waals surface area contributed by atoms with Gasteiger partial charge in [-0.3, -0.25) is 24.1 Å². The molecule has 4 aliphatic rings. The van der Waals surface area contributed by atoms with Crippen LogP contribution in [0.2, 0.25) is 0 Å². The minimum absolute atomic E-state index is 0.0302. The first-order chi connectivity index (χ1) is 45.8. The number of carbonyl (C=O) groups excluding carboxylic acids is 4. The van der Waals surface area contributed by atoms with Crippen LogP contribution in [0.4, 0.5) is 46.9 Å². The summed E-state index contributed by atoms with van der Waals surface area (Å²) < 4.78 is 110. The van der Waals surface area contributed by atoms with Gasteiger partial charge >= 0.3 is 18.4 Å². The number of para-hydroxylation sites is 1. The van der Waals surface area contributed by atoms with Gasteiger partial charge in [0, 0.05) is 121 Å². The van der Waals surface area contributed by atoms with Crippen LogP contribution >= 0.6 is 0 Å². The molecule has 6 aromatic carbocycles. The Morgan fingerprint density at radius 2 is 1.26 bits per heavy atom. The van der Waals surface area contributed by atoms with Gasteiger partial charge in [-0.2, -0.15) is 26.3 Å². The third kappa shape index (κ3) is 16.5. The summed E-state index contributed by atoms with van der Waals surface area (Å²) in [6, 6.07) is 39.0. The first-order valence-corrected chi connectivity index (χ1v) is 32.7. The van der Waals surface area contributed by atoms with E-state index in [-0.39, 0.29) is 55.5 Å². The fourth-order valence-corrected chi connectivity index (χ4v) is 14.0. The lowest BCUT2D eigenvalue weighted by Gasteiger charge is -2.44. The van der Waals surface area contributed by atoms with Crippen molar-refractivity contribution in [2.24, 2.45) is 0 Å². The van der Waals surface area contributed by atoms with Crippen molar-refractivity contribution in [3.05, 3.63) is 190 Å². The van der Waals surface area contributed by atoms with Crippen LogP contribution < -0.4 is 9.80 Å². The number of fused-ring (bicyclic) bond motifs is 2. The zero-order chi connectivity index (χ0) is 68.5. The number of alkyl halides is 6. The van der Waals surface area contributed by atoms with Gasteiger partial charge < -0.3 is 48.9 Å². The summed E-state index contributed by atoms with van der Waals surface area (Å²) in [7, 11) is 7.21. The molecule has 3 aliphatic heterocycles. The van der Waals surface area contributed by atoms with Crippen molar-refractivity contribution in [1.29, 1.82) is 0 Å². The zero-order valence-electron chi connectivity index (χ0n) is 54.6. The van der Waals surface area contributed by atoms with Crippen LogP contribution in [0.25, 0.3) is 11.1 Å². The van der Waals surface area contributed by atoms with Crippen LogP contribution in [-0.4, -0.2) is 190 Å². The molecule has 23 heteroatoms. The maximum absolute atomic E-state index is 14.2. The number of likely N-dealkylation sites (tertiary alicyclic amines) is 2. The number of carboxylic acid groups (broad SMARTS) is 1. The van der Waals surface area contributed by atoms with Gasteiger partial charge in [-0.25, -0.2) is 9.18 Å². The van der Waals surface area contributed by atoms with Gasteiger partial charge in [-0.15, -0.1) is 0 Å². The molecule has 1 spiro atoms. The van der Waals surface area contributed by atoms with E-state index in [2.05, 4.69) is 26.8 Å². The second-order valence-corrected chi connectivity index (χ2v) is 25.9.